The Bertz CT molecular complexity index is 640. The van der Waals surface area contributed by atoms with Crippen molar-refractivity contribution in [1.29, 1.82) is 0 Å². The molecule has 1 heterocycles. The first-order chi connectivity index (χ1) is 10.9. The minimum absolute atomic E-state index is 0.0646. The molecule has 0 bridgehead atoms. The lowest BCUT2D eigenvalue weighted by Crippen LogP contribution is -2.45. The molecule has 0 aliphatic carbocycles. The second kappa shape index (κ2) is 7.26. The van der Waals surface area contributed by atoms with Crippen molar-refractivity contribution in [1.82, 2.24) is 10.6 Å². The molecule has 0 unspecified atom stereocenters. The summed E-state index contributed by atoms with van der Waals surface area (Å²) in [6, 6.07) is 4.15. The maximum Gasteiger partial charge on any atom is 0.246 e. The minimum atomic E-state index is -0.369. The zero-order valence-corrected chi connectivity index (χ0v) is 13.9. The van der Waals surface area contributed by atoms with Gasteiger partial charge in [0, 0.05) is 19.2 Å². The molecule has 3 amide bonds. The van der Waals surface area contributed by atoms with Crippen LogP contribution < -0.4 is 15.5 Å². The molecule has 0 fully saturated rings. The van der Waals surface area contributed by atoms with Gasteiger partial charge in [-0.2, -0.15) is 0 Å². The Balaban J connectivity index is 2.02. The lowest BCUT2D eigenvalue weighted by atomic mass is 9.95. The third kappa shape index (κ3) is 4.31. The van der Waals surface area contributed by atoms with Crippen molar-refractivity contribution in [3.05, 3.63) is 28.8 Å². The summed E-state index contributed by atoms with van der Waals surface area (Å²) in [5, 5.41) is 4.95. The van der Waals surface area contributed by atoms with Crippen molar-refractivity contribution < 1.29 is 14.4 Å². The van der Waals surface area contributed by atoms with Crippen molar-refractivity contribution in [2.45, 2.75) is 33.6 Å². The van der Waals surface area contributed by atoms with Crippen LogP contribution in [0.5, 0.6) is 0 Å². The molecule has 0 atom stereocenters. The highest BCUT2D eigenvalue weighted by molar-refractivity contribution is 5.98. The largest absolute Gasteiger partial charge is 0.347 e. The molecule has 0 aromatic heterocycles. The van der Waals surface area contributed by atoms with Gasteiger partial charge >= 0.3 is 0 Å². The van der Waals surface area contributed by atoms with Gasteiger partial charge in [0.25, 0.3) is 0 Å². The van der Waals surface area contributed by atoms with E-state index in [1.54, 1.807) is 4.90 Å². The molecule has 6 nitrogen and oxygen atoms in total. The predicted molar refractivity (Wildman–Crippen MR) is 88.3 cm³/mol. The van der Waals surface area contributed by atoms with Crippen LogP contribution in [0.1, 0.15) is 30.0 Å². The van der Waals surface area contributed by atoms with Crippen molar-refractivity contribution in [2.75, 3.05) is 24.5 Å². The number of carbonyl (C=O) groups is 3. The molecule has 124 valence electrons. The van der Waals surface area contributed by atoms with Crippen LogP contribution in [-0.2, 0) is 20.8 Å². The molecule has 1 aliphatic rings. The van der Waals surface area contributed by atoms with E-state index in [1.807, 2.05) is 13.0 Å². The van der Waals surface area contributed by atoms with Crippen LogP contribution in [0.15, 0.2) is 12.1 Å². The molecule has 2 N–H and O–H groups in total. The smallest absolute Gasteiger partial charge is 0.246 e. The lowest BCUT2D eigenvalue weighted by molar-refractivity contribution is -0.126. The number of benzene rings is 1. The van der Waals surface area contributed by atoms with Gasteiger partial charge in [-0.1, -0.05) is 6.07 Å². The van der Waals surface area contributed by atoms with Crippen LogP contribution in [-0.4, -0.2) is 37.4 Å². The molecule has 1 aromatic carbocycles. The van der Waals surface area contributed by atoms with Gasteiger partial charge in [0.1, 0.15) is 0 Å². The van der Waals surface area contributed by atoms with E-state index in [9.17, 15) is 14.4 Å². The zero-order chi connectivity index (χ0) is 17.0. The molecular weight excluding hydrogens is 294 g/mol. The fourth-order valence-corrected chi connectivity index (χ4v) is 2.87. The van der Waals surface area contributed by atoms with Crippen molar-refractivity contribution in [3.63, 3.8) is 0 Å². The average Bonchev–Trinajstić information content (AvgIpc) is 2.50. The summed E-state index contributed by atoms with van der Waals surface area (Å²) in [6.45, 7) is 5.90. The molecule has 0 saturated carbocycles. The Labute approximate surface area is 136 Å². The zero-order valence-electron chi connectivity index (χ0n) is 13.9. The van der Waals surface area contributed by atoms with Gasteiger partial charge in [-0.25, -0.2) is 0 Å². The van der Waals surface area contributed by atoms with E-state index in [1.165, 1.54) is 18.1 Å². The normalized spacial score (nSPS) is 13.3. The Kier molecular flexibility index (Phi) is 5.36. The summed E-state index contributed by atoms with van der Waals surface area (Å²) in [5.74, 6) is -0.777. The number of hydrogen-bond acceptors (Lipinski definition) is 3. The van der Waals surface area contributed by atoms with E-state index in [0.29, 0.717) is 6.54 Å². The first kappa shape index (κ1) is 17.0. The van der Waals surface area contributed by atoms with Gasteiger partial charge in [-0.05, 0) is 49.4 Å². The topological polar surface area (TPSA) is 78.5 Å². The molecule has 1 aromatic rings. The van der Waals surface area contributed by atoms with E-state index in [-0.39, 0.29) is 30.8 Å². The number of aryl methyl sites for hydroxylation is 2. The summed E-state index contributed by atoms with van der Waals surface area (Å²) in [5.41, 5.74) is 4.48. The third-order valence-corrected chi connectivity index (χ3v) is 3.93. The standard InChI is InChI=1S/C17H23N3O3/c1-11-7-12(2)14-5-4-6-20(15(14)8-11)17(23)10-19-16(22)9-18-13(3)21/h7-8H,4-6,9-10H2,1-3H3,(H,18,21)(H,19,22). The first-order valence-corrected chi connectivity index (χ1v) is 7.80. The molecular formula is C17H23N3O3. The first-order valence-electron chi connectivity index (χ1n) is 7.80. The van der Waals surface area contributed by atoms with E-state index < -0.39 is 0 Å². The lowest BCUT2D eigenvalue weighted by Gasteiger charge is -2.31. The second-order valence-electron chi connectivity index (χ2n) is 5.91. The molecule has 23 heavy (non-hydrogen) atoms. The van der Waals surface area contributed by atoms with E-state index in [4.69, 9.17) is 0 Å². The molecule has 1 aliphatic heterocycles. The minimum Gasteiger partial charge on any atom is -0.347 e. The number of nitrogens with zero attached hydrogens (tertiary/aromatic N) is 1. The molecule has 6 heteroatoms. The van der Waals surface area contributed by atoms with Crippen LogP contribution in [0.2, 0.25) is 0 Å². The molecule has 2 rings (SSSR count). The maximum absolute atomic E-state index is 12.4. The van der Waals surface area contributed by atoms with Crippen LogP contribution >= 0.6 is 0 Å². The predicted octanol–water partition coefficient (Wildman–Crippen LogP) is 0.835. The SMILES string of the molecule is CC(=O)NCC(=O)NCC(=O)N1CCCc2c(C)cc(C)cc21. The van der Waals surface area contributed by atoms with E-state index in [0.717, 1.165) is 24.1 Å². The number of carbonyl (C=O) groups excluding carboxylic acids is 3. The quantitative estimate of drug-likeness (QED) is 0.863. The van der Waals surface area contributed by atoms with Crippen molar-refractivity contribution >= 4 is 23.4 Å². The average molecular weight is 317 g/mol. The number of anilines is 1. The Morgan fingerprint density at radius 2 is 1.87 bits per heavy atom. The summed E-state index contributed by atoms with van der Waals surface area (Å²) in [4.78, 5) is 36.6. The fourth-order valence-electron chi connectivity index (χ4n) is 2.87. The highest BCUT2D eigenvalue weighted by atomic mass is 16.2. The Morgan fingerprint density at radius 3 is 2.57 bits per heavy atom. The van der Waals surface area contributed by atoms with Gasteiger partial charge < -0.3 is 15.5 Å². The van der Waals surface area contributed by atoms with Crippen LogP contribution in [0, 0.1) is 13.8 Å². The van der Waals surface area contributed by atoms with Crippen LogP contribution in [0.3, 0.4) is 0 Å². The number of hydrogen-bond donors (Lipinski definition) is 2. The number of amides is 3. The van der Waals surface area contributed by atoms with Gasteiger partial charge in [0.15, 0.2) is 0 Å². The highest BCUT2D eigenvalue weighted by Gasteiger charge is 2.24. The number of nitrogens with one attached hydrogen (secondary N) is 2. The maximum atomic E-state index is 12.4. The third-order valence-electron chi connectivity index (χ3n) is 3.93. The van der Waals surface area contributed by atoms with Crippen LogP contribution in [0.25, 0.3) is 0 Å². The Morgan fingerprint density at radius 1 is 1.13 bits per heavy atom. The summed E-state index contributed by atoms with van der Waals surface area (Å²) < 4.78 is 0. The molecule has 0 spiro atoms. The summed E-state index contributed by atoms with van der Waals surface area (Å²) in [6.07, 6.45) is 1.89. The van der Waals surface area contributed by atoms with Crippen LogP contribution in [0.4, 0.5) is 5.69 Å². The number of rotatable bonds is 4. The molecule has 0 saturated heterocycles. The fraction of sp³-hybridized carbons (Fsp3) is 0.471. The number of fused-ring (bicyclic) bond motifs is 1. The second-order valence-corrected chi connectivity index (χ2v) is 5.91. The van der Waals surface area contributed by atoms with Gasteiger partial charge in [-0.15, -0.1) is 0 Å². The van der Waals surface area contributed by atoms with E-state index in [2.05, 4.69) is 23.6 Å². The van der Waals surface area contributed by atoms with Gasteiger partial charge in [0.2, 0.25) is 17.7 Å². The van der Waals surface area contributed by atoms with Gasteiger partial charge in [-0.3, -0.25) is 14.4 Å². The summed E-state index contributed by atoms with van der Waals surface area (Å²) in [7, 11) is 0. The summed E-state index contributed by atoms with van der Waals surface area (Å²) >= 11 is 0. The van der Waals surface area contributed by atoms with Gasteiger partial charge in [0.05, 0.1) is 13.1 Å². The van der Waals surface area contributed by atoms with Crippen molar-refractivity contribution in [2.24, 2.45) is 0 Å². The van der Waals surface area contributed by atoms with E-state index >= 15 is 0 Å². The van der Waals surface area contributed by atoms with Crippen molar-refractivity contribution in [3.8, 4) is 0 Å². The monoisotopic (exact) mass is 317 g/mol. The molecule has 0 radical (unpaired) electrons. The highest BCUT2D eigenvalue weighted by Crippen LogP contribution is 2.31. The Hall–Kier alpha value is -2.37.